The van der Waals surface area contributed by atoms with Crippen molar-refractivity contribution in [3.63, 3.8) is 0 Å². The Morgan fingerprint density at radius 1 is 1.71 bits per heavy atom. The maximum absolute atomic E-state index is 9.65. The Labute approximate surface area is 40.7 Å². The fourth-order valence-corrected chi connectivity index (χ4v) is 0.106. The number of nitrogens with two attached hydrogens (primary N) is 2. The number of ether oxygens (including phenoxy) is 1. The maximum Gasteiger partial charge on any atom is 0.409 e. The number of carbonyl (C=O) groups excluding carboxylic acids is 1. The number of primary amides is 1. The fourth-order valence-electron chi connectivity index (χ4n) is 0.106. The van der Waals surface area contributed by atoms with E-state index >= 15 is 0 Å². The molecule has 4 nitrogen and oxygen atoms in total. The summed E-state index contributed by atoms with van der Waals surface area (Å²) in [6, 6.07) is 0. The van der Waals surface area contributed by atoms with Crippen LogP contribution >= 0.6 is 0 Å². The minimum Gasteiger partial charge on any atom is -0.417 e. The molecule has 0 radical (unpaired) electrons. The monoisotopic (exact) mass is 102 g/mol. The molecule has 0 aliphatic carbocycles. The molecule has 0 atom stereocenters. The van der Waals surface area contributed by atoms with Gasteiger partial charge in [0.05, 0.1) is 0 Å². The van der Waals surface area contributed by atoms with Gasteiger partial charge in [0.15, 0.2) is 0 Å². The molecule has 4 N–H and O–H groups in total. The van der Waals surface area contributed by atoms with E-state index in [4.69, 9.17) is 5.73 Å². The quantitative estimate of drug-likeness (QED) is 0.438. The standard InChI is InChI=1S/C3H6N2O2/c4-1-2-7-3(5)6/h1-2H,4H2,(H2,5,6)/b2-1+. The van der Waals surface area contributed by atoms with Crippen molar-refractivity contribution in [2.24, 2.45) is 11.5 Å². The summed E-state index contributed by atoms with van der Waals surface area (Å²) >= 11 is 0. The van der Waals surface area contributed by atoms with E-state index < -0.39 is 6.09 Å². The van der Waals surface area contributed by atoms with Gasteiger partial charge in [0.25, 0.3) is 0 Å². The fraction of sp³-hybridized carbons (Fsp3) is 0. The van der Waals surface area contributed by atoms with E-state index in [1.807, 2.05) is 0 Å². The molecule has 0 saturated carbocycles. The Balaban J connectivity index is 3.14. The third-order valence-corrected chi connectivity index (χ3v) is 0.263. The second-order valence-corrected chi connectivity index (χ2v) is 0.765. The molecule has 0 spiro atoms. The summed E-state index contributed by atoms with van der Waals surface area (Å²) in [5.74, 6) is 0. The third-order valence-electron chi connectivity index (χ3n) is 0.263. The molecule has 1 amide bonds. The number of amides is 1. The molecule has 0 aromatic carbocycles. The van der Waals surface area contributed by atoms with Gasteiger partial charge in [-0.3, -0.25) is 0 Å². The average molecular weight is 102 g/mol. The molecule has 0 aromatic heterocycles. The summed E-state index contributed by atoms with van der Waals surface area (Å²) in [6.45, 7) is 0. The molecule has 0 heterocycles. The smallest absolute Gasteiger partial charge is 0.409 e. The van der Waals surface area contributed by atoms with Crippen LogP contribution in [0.15, 0.2) is 12.5 Å². The van der Waals surface area contributed by atoms with E-state index in [9.17, 15) is 4.79 Å². The summed E-state index contributed by atoms with van der Waals surface area (Å²) in [4.78, 5) is 9.65. The molecule has 0 fully saturated rings. The van der Waals surface area contributed by atoms with Gasteiger partial charge in [-0.2, -0.15) is 0 Å². The Bertz CT molecular complexity index is 88.9. The van der Waals surface area contributed by atoms with Gasteiger partial charge in [0.1, 0.15) is 6.26 Å². The van der Waals surface area contributed by atoms with Gasteiger partial charge in [-0.25, -0.2) is 4.79 Å². The van der Waals surface area contributed by atoms with Crippen molar-refractivity contribution in [1.82, 2.24) is 0 Å². The van der Waals surface area contributed by atoms with Crippen LogP contribution in [-0.2, 0) is 4.74 Å². The van der Waals surface area contributed by atoms with E-state index in [1.54, 1.807) is 0 Å². The summed E-state index contributed by atoms with van der Waals surface area (Å²) in [5.41, 5.74) is 9.27. The molecule has 0 aliphatic rings. The first-order chi connectivity index (χ1) is 3.27. The summed E-state index contributed by atoms with van der Waals surface area (Å²) in [6.07, 6.45) is 1.22. The second kappa shape index (κ2) is 3.02. The van der Waals surface area contributed by atoms with Gasteiger partial charge < -0.3 is 16.2 Å². The highest BCUT2D eigenvalue weighted by Gasteiger charge is 1.81. The van der Waals surface area contributed by atoms with Crippen molar-refractivity contribution in [1.29, 1.82) is 0 Å². The van der Waals surface area contributed by atoms with Gasteiger partial charge in [-0.15, -0.1) is 0 Å². The van der Waals surface area contributed by atoms with Crippen LogP contribution in [-0.4, -0.2) is 6.09 Å². The largest absolute Gasteiger partial charge is 0.417 e. The van der Waals surface area contributed by atoms with Crippen LogP contribution in [0, 0.1) is 0 Å². The van der Waals surface area contributed by atoms with Crippen LogP contribution < -0.4 is 11.5 Å². The van der Waals surface area contributed by atoms with Crippen molar-refractivity contribution in [3.8, 4) is 0 Å². The molecule has 0 aromatic rings. The molecule has 0 aliphatic heterocycles. The molecule has 4 heteroatoms. The van der Waals surface area contributed by atoms with Gasteiger partial charge in [-0.1, -0.05) is 0 Å². The highest BCUT2D eigenvalue weighted by atomic mass is 16.5. The van der Waals surface area contributed by atoms with E-state index in [1.165, 1.54) is 0 Å². The van der Waals surface area contributed by atoms with E-state index in [-0.39, 0.29) is 0 Å². The predicted octanol–water partition coefficient (Wildman–Crippen LogP) is -0.488. The molecule has 40 valence electrons. The number of carbonyl (C=O) groups is 1. The lowest BCUT2D eigenvalue weighted by molar-refractivity contribution is 0.196. The van der Waals surface area contributed by atoms with Crippen molar-refractivity contribution < 1.29 is 9.53 Å². The Morgan fingerprint density at radius 2 is 2.29 bits per heavy atom. The second-order valence-electron chi connectivity index (χ2n) is 0.765. The van der Waals surface area contributed by atoms with Gasteiger partial charge >= 0.3 is 6.09 Å². The van der Waals surface area contributed by atoms with Crippen LogP contribution in [0.4, 0.5) is 4.79 Å². The molecule has 0 rings (SSSR count). The zero-order valence-electron chi connectivity index (χ0n) is 3.63. The lowest BCUT2D eigenvalue weighted by Crippen LogP contribution is -2.09. The molecular formula is C3H6N2O2. The minimum absolute atomic E-state index is 0.860. The molecule has 7 heavy (non-hydrogen) atoms. The molecular weight excluding hydrogens is 96.0 g/mol. The molecule has 0 unspecified atom stereocenters. The van der Waals surface area contributed by atoms with E-state index in [0.29, 0.717) is 0 Å². The van der Waals surface area contributed by atoms with Crippen LogP contribution in [0.5, 0.6) is 0 Å². The Morgan fingerprint density at radius 3 is 2.43 bits per heavy atom. The Kier molecular flexibility index (Phi) is 2.50. The van der Waals surface area contributed by atoms with Crippen molar-refractivity contribution >= 4 is 6.09 Å². The lowest BCUT2D eigenvalue weighted by Gasteiger charge is -1.85. The van der Waals surface area contributed by atoms with Gasteiger partial charge in [0.2, 0.25) is 0 Å². The van der Waals surface area contributed by atoms with Crippen molar-refractivity contribution in [2.45, 2.75) is 0 Å². The first-order valence-electron chi connectivity index (χ1n) is 1.60. The van der Waals surface area contributed by atoms with Crippen LogP contribution in [0.3, 0.4) is 0 Å². The van der Waals surface area contributed by atoms with Crippen LogP contribution in [0.2, 0.25) is 0 Å². The normalized spacial score (nSPS) is 9.14. The average Bonchev–Trinajstić information content (AvgIpc) is 1.61. The van der Waals surface area contributed by atoms with Gasteiger partial charge in [-0.05, 0) is 0 Å². The maximum atomic E-state index is 9.65. The van der Waals surface area contributed by atoms with E-state index in [0.717, 1.165) is 12.5 Å². The SMILES string of the molecule is N/C=C/OC(N)=O. The summed E-state index contributed by atoms with van der Waals surface area (Å²) < 4.78 is 4.02. The summed E-state index contributed by atoms with van der Waals surface area (Å²) in [7, 11) is 0. The predicted molar refractivity (Wildman–Crippen MR) is 24.0 cm³/mol. The first kappa shape index (κ1) is 5.81. The van der Waals surface area contributed by atoms with Crippen molar-refractivity contribution in [3.05, 3.63) is 12.5 Å². The number of hydrogen-bond acceptors (Lipinski definition) is 3. The number of hydrogen-bond donors (Lipinski definition) is 2. The highest BCUT2D eigenvalue weighted by Crippen LogP contribution is 1.69. The van der Waals surface area contributed by atoms with Gasteiger partial charge in [0, 0.05) is 6.20 Å². The number of rotatable bonds is 1. The van der Waals surface area contributed by atoms with Crippen LogP contribution in [0.25, 0.3) is 0 Å². The minimum atomic E-state index is -0.860. The van der Waals surface area contributed by atoms with Crippen LogP contribution in [0.1, 0.15) is 0 Å². The Hall–Kier alpha value is -1.19. The van der Waals surface area contributed by atoms with Crippen molar-refractivity contribution in [2.75, 3.05) is 0 Å². The topological polar surface area (TPSA) is 78.3 Å². The zero-order valence-corrected chi connectivity index (χ0v) is 3.63. The van der Waals surface area contributed by atoms with E-state index in [2.05, 4.69) is 10.5 Å². The third kappa shape index (κ3) is 4.81. The summed E-state index contributed by atoms with van der Waals surface area (Å²) in [5, 5.41) is 0. The first-order valence-corrected chi connectivity index (χ1v) is 1.60. The molecule has 0 bridgehead atoms. The lowest BCUT2D eigenvalue weighted by atomic mass is 11.0. The molecule has 0 saturated heterocycles. The zero-order chi connectivity index (χ0) is 5.70. The highest BCUT2D eigenvalue weighted by molar-refractivity contribution is 5.65.